The monoisotopic (exact) mass is 327 g/mol. The van der Waals surface area contributed by atoms with Crippen LogP contribution in [0, 0.1) is 0 Å². The van der Waals surface area contributed by atoms with Crippen LogP contribution in [0.1, 0.15) is 18.5 Å². The average molecular weight is 327 g/mol. The summed E-state index contributed by atoms with van der Waals surface area (Å²) < 4.78 is 5.42. The Morgan fingerprint density at radius 1 is 1.22 bits per heavy atom. The van der Waals surface area contributed by atoms with Gasteiger partial charge in [0.05, 0.1) is 18.7 Å². The van der Waals surface area contributed by atoms with Gasteiger partial charge in [-0.1, -0.05) is 30.3 Å². The van der Waals surface area contributed by atoms with Crippen molar-refractivity contribution in [3.8, 4) is 5.75 Å². The van der Waals surface area contributed by atoms with E-state index >= 15 is 0 Å². The van der Waals surface area contributed by atoms with E-state index in [-0.39, 0.29) is 0 Å². The maximum absolute atomic E-state index is 11.9. The van der Waals surface area contributed by atoms with E-state index in [0.29, 0.717) is 16.4 Å². The summed E-state index contributed by atoms with van der Waals surface area (Å²) in [4.78, 5) is 11.9. The molecule has 0 aromatic heterocycles. The lowest BCUT2D eigenvalue weighted by Crippen LogP contribution is -2.46. The molecule has 1 aliphatic heterocycles. The minimum Gasteiger partial charge on any atom is -0.496 e. The van der Waals surface area contributed by atoms with Crippen LogP contribution in [-0.2, 0) is 4.79 Å². The first-order chi connectivity index (χ1) is 11.0. The number of primary amides is 1. The number of hydrogen-bond donors (Lipinski definition) is 3. The third kappa shape index (κ3) is 2.61. The Labute approximate surface area is 139 Å². The lowest BCUT2D eigenvalue weighted by atomic mass is 9.91. The first-order valence-corrected chi connectivity index (χ1v) is 7.57. The van der Waals surface area contributed by atoms with Gasteiger partial charge in [-0.25, -0.2) is 0 Å². The van der Waals surface area contributed by atoms with Crippen molar-refractivity contribution < 1.29 is 9.53 Å². The first-order valence-electron chi connectivity index (χ1n) is 7.16. The molecule has 0 fully saturated rings. The summed E-state index contributed by atoms with van der Waals surface area (Å²) in [5.74, 6) is 0.303. The summed E-state index contributed by atoms with van der Waals surface area (Å²) in [6, 6.07) is 11.3. The molecule has 1 heterocycles. The van der Waals surface area contributed by atoms with Crippen LogP contribution in [0.4, 0.5) is 0 Å². The molecular formula is C17H17N3O2S. The molecule has 3 rings (SSSR count). The van der Waals surface area contributed by atoms with E-state index in [9.17, 15) is 4.79 Å². The van der Waals surface area contributed by atoms with Crippen molar-refractivity contribution in [2.75, 3.05) is 7.11 Å². The van der Waals surface area contributed by atoms with Crippen LogP contribution in [0.2, 0.25) is 0 Å². The zero-order valence-electron chi connectivity index (χ0n) is 12.8. The molecule has 23 heavy (non-hydrogen) atoms. The number of nitrogens with one attached hydrogen (secondary N) is 2. The SMILES string of the molecule is COc1ccc(C2NC(=S)NC(C)=C2C(N)=O)c2ccccc12. The van der Waals surface area contributed by atoms with Crippen molar-refractivity contribution in [2.45, 2.75) is 13.0 Å². The van der Waals surface area contributed by atoms with Crippen LogP contribution in [0.5, 0.6) is 5.75 Å². The van der Waals surface area contributed by atoms with Gasteiger partial charge in [-0.2, -0.15) is 0 Å². The topological polar surface area (TPSA) is 76.4 Å². The lowest BCUT2D eigenvalue weighted by Gasteiger charge is -2.30. The zero-order chi connectivity index (χ0) is 16.6. The van der Waals surface area contributed by atoms with Gasteiger partial charge in [-0.05, 0) is 36.2 Å². The van der Waals surface area contributed by atoms with Crippen molar-refractivity contribution in [1.29, 1.82) is 0 Å². The average Bonchev–Trinajstić information content (AvgIpc) is 2.52. The van der Waals surface area contributed by atoms with Gasteiger partial charge in [0.25, 0.3) is 0 Å². The van der Waals surface area contributed by atoms with Crippen LogP contribution in [0.15, 0.2) is 47.7 Å². The van der Waals surface area contributed by atoms with Gasteiger partial charge in [-0.15, -0.1) is 0 Å². The highest BCUT2D eigenvalue weighted by molar-refractivity contribution is 7.80. The van der Waals surface area contributed by atoms with Gasteiger partial charge in [-0.3, -0.25) is 4.79 Å². The van der Waals surface area contributed by atoms with Gasteiger partial charge < -0.3 is 21.1 Å². The zero-order valence-corrected chi connectivity index (χ0v) is 13.7. The molecule has 0 spiro atoms. The number of carbonyl (C=O) groups excluding carboxylic acids is 1. The minimum atomic E-state index is -0.477. The van der Waals surface area contributed by atoms with Crippen molar-refractivity contribution in [2.24, 2.45) is 5.73 Å². The highest BCUT2D eigenvalue weighted by atomic mass is 32.1. The Morgan fingerprint density at radius 2 is 1.91 bits per heavy atom. The molecule has 0 saturated carbocycles. The second-order valence-electron chi connectivity index (χ2n) is 5.34. The Hall–Kier alpha value is -2.60. The number of nitrogens with two attached hydrogens (primary N) is 1. The fraction of sp³-hybridized carbons (Fsp3) is 0.176. The fourth-order valence-electron chi connectivity index (χ4n) is 2.98. The van der Waals surface area contributed by atoms with Gasteiger partial charge in [0.15, 0.2) is 5.11 Å². The molecule has 1 atom stereocenters. The highest BCUT2D eigenvalue weighted by Crippen LogP contribution is 2.35. The van der Waals surface area contributed by atoms with E-state index in [2.05, 4.69) is 10.6 Å². The van der Waals surface area contributed by atoms with Crippen LogP contribution < -0.4 is 21.1 Å². The smallest absolute Gasteiger partial charge is 0.248 e. The van der Waals surface area contributed by atoms with Gasteiger partial charge in [0.2, 0.25) is 5.91 Å². The molecule has 4 N–H and O–H groups in total. The summed E-state index contributed by atoms with van der Waals surface area (Å²) in [6.07, 6.45) is 0. The molecule has 0 radical (unpaired) electrons. The van der Waals surface area contributed by atoms with E-state index < -0.39 is 11.9 Å². The summed E-state index contributed by atoms with van der Waals surface area (Å²) >= 11 is 5.24. The second-order valence-corrected chi connectivity index (χ2v) is 5.75. The van der Waals surface area contributed by atoms with E-state index in [4.69, 9.17) is 22.7 Å². The molecule has 2 aromatic rings. The molecule has 2 aromatic carbocycles. The summed E-state index contributed by atoms with van der Waals surface area (Å²) in [5.41, 5.74) is 7.67. The van der Waals surface area contributed by atoms with Gasteiger partial charge in [0.1, 0.15) is 5.75 Å². The third-order valence-corrected chi connectivity index (χ3v) is 4.20. The molecule has 0 bridgehead atoms. The maximum Gasteiger partial charge on any atom is 0.248 e. The molecule has 0 aliphatic carbocycles. The van der Waals surface area contributed by atoms with Crippen LogP contribution >= 0.6 is 12.2 Å². The summed E-state index contributed by atoms with van der Waals surface area (Å²) in [5, 5.41) is 8.53. The van der Waals surface area contributed by atoms with Gasteiger partial charge >= 0.3 is 0 Å². The Bertz CT molecular complexity index is 845. The molecular weight excluding hydrogens is 310 g/mol. The molecule has 6 heteroatoms. The van der Waals surface area contributed by atoms with Crippen molar-refractivity contribution in [3.05, 3.63) is 53.2 Å². The largest absolute Gasteiger partial charge is 0.496 e. The fourth-order valence-corrected chi connectivity index (χ4v) is 3.25. The quantitative estimate of drug-likeness (QED) is 0.753. The number of fused-ring (bicyclic) bond motifs is 1. The van der Waals surface area contributed by atoms with Crippen LogP contribution in [0.3, 0.4) is 0 Å². The Morgan fingerprint density at radius 3 is 2.57 bits per heavy atom. The number of rotatable bonds is 3. The number of benzene rings is 2. The van der Waals surface area contributed by atoms with Crippen molar-refractivity contribution >= 4 is 34.0 Å². The number of allylic oxidation sites excluding steroid dienone is 1. The lowest BCUT2D eigenvalue weighted by molar-refractivity contribution is -0.115. The molecule has 0 saturated heterocycles. The molecule has 1 unspecified atom stereocenters. The van der Waals surface area contributed by atoms with Crippen LogP contribution in [0.25, 0.3) is 10.8 Å². The standard InChI is InChI=1S/C17H17N3O2S/c1-9-14(16(18)21)15(20-17(23)19-9)12-7-8-13(22-2)11-6-4-3-5-10(11)12/h3-8,15H,1-2H3,(H2,18,21)(H2,19,20,23). The van der Waals surface area contributed by atoms with E-state index in [1.165, 1.54) is 0 Å². The molecule has 1 amide bonds. The second kappa shape index (κ2) is 5.89. The summed E-state index contributed by atoms with van der Waals surface area (Å²) in [6.45, 7) is 1.80. The number of amides is 1. The number of methoxy groups -OCH3 is 1. The summed E-state index contributed by atoms with van der Waals surface area (Å²) in [7, 11) is 1.64. The van der Waals surface area contributed by atoms with Gasteiger partial charge in [0, 0.05) is 11.1 Å². The van der Waals surface area contributed by atoms with E-state index in [1.54, 1.807) is 14.0 Å². The predicted molar refractivity (Wildman–Crippen MR) is 94.0 cm³/mol. The third-order valence-electron chi connectivity index (χ3n) is 3.98. The number of thiocarbonyl (C=S) groups is 1. The first kappa shape index (κ1) is 15.3. The number of carbonyl (C=O) groups is 1. The predicted octanol–water partition coefficient (Wildman–Crippen LogP) is 2.13. The maximum atomic E-state index is 11.9. The Kier molecular flexibility index (Phi) is 3.92. The van der Waals surface area contributed by atoms with E-state index in [0.717, 1.165) is 22.1 Å². The number of hydrogen-bond acceptors (Lipinski definition) is 3. The van der Waals surface area contributed by atoms with Crippen LogP contribution in [-0.4, -0.2) is 18.1 Å². The van der Waals surface area contributed by atoms with Crippen molar-refractivity contribution in [3.63, 3.8) is 0 Å². The normalized spacial score (nSPS) is 17.7. The number of ether oxygens (including phenoxy) is 1. The molecule has 118 valence electrons. The van der Waals surface area contributed by atoms with Crippen molar-refractivity contribution in [1.82, 2.24) is 10.6 Å². The Balaban J connectivity index is 2.25. The molecule has 5 nitrogen and oxygen atoms in total. The molecule has 1 aliphatic rings. The minimum absolute atomic E-state index is 0.392. The highest BCUT2D eigenvalue weighted by Gasteiger charge is 2.29. The van der Waals surface area contributed by atoms with E-state index in [1.807, 2.05) is 36.4 Å².